The maximum Gasteiger partial charge on any atom is 0.122 e. The first-order valence-corrected chi connectivity index (χ1v) is 7.96. The number of hydrogen-bond acceptors (Lipinski definition) is 4. The van der Waals surface area contributed by atoms with E-state index in [4.69, 9.17) is 9.47 Å². The number of morpholine rings is 1. The lowest BCUT2D eigenvalue weighted by atomic mass is 9.81. The molecule has 1 saturated heterocycles. The molecule has 1 fully saturated rings. The molecule has 0 aromatic heterocycles. The van der Waals surface area contributed by atoms with Gasteiger partial charge in [0.25, 0.3) is 0 Å². The van der Waals surface area contributed by atoms with E-state index in [1.807, 2.05) is 54.6 Å². The topological polar surface area (TPSA) is 50.7 Å². The molecule has 4 nitrogen and oxygen atoms in total. The molecule has 0 amide bonds. The average molecular weight is 313 g/mol. The van der Waals surface area contributed by atoms with Crippen LogP contribution in [0.5, 0.6) is 5.75 Å². The normalized spacial score (nSPS) is 20.7. The standard InChI is InChI=1S/C19H23NO3/c1-22-17-10-6-5-7-15(17)13-19(21,16-8-3-2-4-9-16)18-14-20-11-12-23-18/h2-10,18,20-21H,11-14H2,1H3/t18-,19?/m0/s1. The van der Waals surface area contributed by atoms with Gasteiger partial charge in [-0.05, 0) is 17.2 Å². The van der Waals surface area contributed by atoms with Gasteiger partial charge in [-0.1, -0.05) is 48.5 Å². The van der Waals surface area contributed by atoms with Gasteiger partial charge in [0, 0.05) is 19.5 Å². The van der Waals surface area contributed by atoms with Crippen molar-refractivity contribution in [2.75, 3.05) is 26.8 Å². The third-order valence-corrected chi connectivity index (χ3v) is 4.39. The van der Waals surface area contributed by atoms with Crippen molar-refractivity contribution in [1.82, 2.24) is 5.32 Å². The summed E-state index contributed by atoms with van der Waals surface area (Å²) < 4.78 is 11.3. The van der Waals surface area contributed by atoms with Crippen molar-refractivity contribution in [1.29, 1.82) is 0 Å². The number of methoxy groups -OCH3 is 1. The molecule has 3 rings (SSSR count). The lowest BCUT2D eigenvalue weighted by Gasteiger charge is -2.39. The molecule has 1 aliphatic rings. The van der Waals surface area contributed by atoms with E-state index in [1.165, 1.54) is 0 Å². The fourth-order valence-electron chi connectivity index (χ4n) is 3.14. The lowest BCUT2D eigenvalue weighted by molar-refractivity contribution is -0.124. The molecular weight excluding hydrogens is 290 g/mol. The first-order valence-electron chi connectivity index (χ1n) is 7.96. The zero-order valence-corrected chi connectivity index (χ0v) is 13.4. The predicted octanol–water partition coefficient (Wildman–Crippen LogP) is 2.11. The molecular formula is C19H23NO3. The highest BCUT2D eigenvalue weighted by Gasteiger charge is 2.40. The molecule has 1 aliphatic heterocycles. The van der Waals surface area contributed by atoms with Crippen LogP contribution in [0.15, 0.2) is 54.6 Å². The second-order valence-electron chi connectivity index (χ2n) is 5.84. The van der Waals surface area contributed by atoms with Crippen LogP contribution < -0.4 is 10.1 Å². The number of hydrogen-bond donors (Lipinski definition) is 2. The first kappa shape index (κ1) is 16.0. The van der Waals surface area contributed by atoms with E-state index in [1.54, 1.807) is 7.11 Å². The summed E-state index contributed by atoms with van der Waals surface area (Å²) in [4.78, 5) is 0. The van der Waals surface area contributed by atoms with E-state index in [-0.39, 0.29) is 6.10 Å². The van der Waals surface area contributed by atoms with Crippen LogP contribution in [0.25, 0.3) is 0 Å². The minimum atomic E-state index is -1.11. The number of benzene rings is 2. The number of nitrogens with one attached hydrogen (secondary N) is 1. The highest BCUT2D eigenvalue weighted by atomic mass is 16.5. The zero-order chi connectivity index (χ0) is 16.1. The summed E-state index contributed by atoms with van der Waals surface area (Å²) in [6.45, 7) is 2.04. The van der Waals surface area contributed by atoms with E-state index >= 15 is 0 Å². The van der Waals surface area contributed by atoms with Gasteiger partial charge in [0.15, 0.2) is 0 Å². The van der Waals surface area contributed by atoms with Gasteiger partial charge in [0.2, 0.25) is 0 Å². The maximum atomic E-state index is 11.6. The van der Waals surface area contributed by atoms with Gasteiger partial charge in [0.1, 0.15) is 17.5 Å². The van der Waals surface area contributed by atoms with Crippen molar-refractivity contribution in [3.8, 4) is 5.75 Å². The van der Waals surface area contributed by atoms with Crippen molar-refractivity contribution in [3.63, 3.8) is 0 Å². The molecule has 2 aromatic rings. The van der Waals surface area contributed by atoms with Crippen LogP contribution >= 0.6 is 0 Å². The molecule has 2 atom stereocenters. The van der Waals surface area contributed by atoms with Crippen molar-refractivity contribution < 1.29 is 14.6 Å². The molecule has 0 bridgehead atoms. The first-order chi connectivity index (χ1) is 11.2. The van der Waals surface area contributed by atoms with Crippen LogP contribution in [0.2, 0.25) is 0 Å². The quantitative estimate of drug-likeness (QED) is 0.888. The Morgan fingerprint density at radius 2 is 1.91 bits per heavy atom. The van der Waals surface area contributed by atoms with E-state index in [9.17, 15) is 5.11 Å². The van der Waals surface area contributed by atoms with Crippen LogP contribution in [-0.4, -0.2) is 38.0 Å². The van der Waals surface area contributed by atoms with Crippen LogP contribution in [0.1, 0.15) is 11.1 Å². The lowest BCUT2D eigenvalue weighted by Crippen LogP contribution is -2.52. The van der Waals surface area contributed by atoms with E-state index < -0.39 is 5.60 Å². The average Bonchev–Trinajstić information content (AvgIpc) is 2.63. The minimum absolute atomic E-state index is 0.302. The molecule has 0 aliphatic carbocycles. The van der Waals surface area contributed by atoms with E-state index in [0.717, 1.165) is 23.4 Å². The molecule has 1 unspecified atom stereocenters. The van der Waals surface area contributed by atoms with Gasteiger partial charge >= 0.3 is 0 Å². The smallest absolute Gasteiger partial charge is 0.122 e. The number of para-hydroxylation sites is 1. The van der Waals surface area contributed by atoms with Crippen LogP contribution in [-0.2, 0) is 16.8 Å². The summed E-state index contributed by atoms with van der Waals surface area (Å²) in [5, 5.41) is 14.9. The Kier molecular flexibility index (Phi) is 4.96. The molecule has 1 heterocycles. The van der Waals surface area contributed by atoms with Crippen LogP contribution in [0.4, 0.5) is 0 Å². The minimum Gasteiger partial charge on any atom is -0.496 e. The molecule has 23 heavy (non-hydrogen) atoms. The number of rotatable bonds is 5. The summed E-state index contributed by atoms with van der Waals surface area (Å²) in [5.41, 5.74) is 0.721. The Bertz CT molecular complexity index is 626. The van der Waals surface area contributed by atoms with E-state index in [2.05, 4.69) is 5.32 Å². The largest absolute Gasteiger partial charge is 0.496 e. The Morgan fingerprint density at radius 1 is 1.17 bits per heavy atom. The molecule has 2 N–H and O–H groups in total. The summed E-state index contributed by atoms with van der Waals surface area (Å²) in [6.07, 6.45) is 0.136. The second kappa shape index (κ2) is 7.13. The molecule has 4 heteroatoms. The predicted molar refractivity (Wildman–Crippen MR) is 89.6 cm³/mol. The molecule has 2 aromatic carbocycles. The van der Waals surface area contributed by atoms with Crippen molar-refractivity contribution in [2.24, 2.45) is 0 Å². The van der Waals surface area contributed by atoms with Gasteiger partial charge in [-0.15, -0.1) is 0 Å². The highest BCUT2D eigenvalue weighted by Crippen LogP contribution is 2.34. The summed E-state index contributed by atoms with van der Waals surface area (Å²) in [6, 6.07) is 17.5. The van der Waals surface area contributed by atoms with Crippen molar-refractivity contribution in [3.05, 3.63) is 65.7 Å². The van der Waals surface area contributed by atoms with Crippen LogP contribution in [0, 0.1) is 0 Å². The second-order valence-corrected chi connectivity index (χ2v) is 5.84. The molecule has 0 radical (unpaired) electrons. The van der Waals surface area contributed by atoms with Crippen LogP contribution in [0.3, 0.4) is 0 Å². The Balaban J connectivity index is 1.98. The third kappa shape index (κ3) is 3.39. The fourth-order valence-corrected chi connectivity index (χ4v) is 3.14. The molecule has 0 saturated carbocycles. The van der Waals surface area contributed by atoms with Crippen molar-refractivity contribution in [2.45, 2.75) is 18.1 Å². The fraction of sp³-hybridized carbons (Fsp3) is 0.368. The molecule has 0 spiro atoms. The Hall–Kier alpha value is -1.88. The Morgan fingerprint density at radius 3 is 2.61 bits per heavy atom. The van der Waals surface area contributed by atoms with Gasteiger partial charge in [0.05, 0.1) is 13.7 Å². The summed E-state index contributed by atoms with van der Waals surface area (Å²) >= 11 is 0. The SMILES string of the molecule is COc1ccccc1CC(O)(c1ccccc1)[C@@H]1CNCCO1. The van der Waals surface area contributed by atoms with Gasteiger partial charge in [-0.25, -0.2) is 0 Å². The summed E-state index contributed by atoms with van der Waals surface area (Å²) in [5.74, 6) is 0.783. The Labute approximate surface area is 137 Å². The number of ether oxygens (including phenoxy) is 2. The third-order valence-electron chi connectivity index (χ3n) is 4.39. The van der Waals surface area contributed by atoms with Gasteiger partial charge in [-0.3, -0.25) is 0 Å². The van der Waals surface area contributed by atoms with Crippen molar-refractivity contribution >= 4 is 0 Å². The monoisotopic (exact) mass is 313 g/mol. The number of aliphatic hydroxyl groups is 1. The van der Waals surface area contributed by atoms with E-state index in [0.29, 0.717) is 19.6 Å². The molecule has 122 valence electrons. The van der Waals surface area contributed by atoms with Gasteiger partial charge in [-0.2, -0.15) is 0 Å². The summed E-state index contributed by atoms with van der Waals surface area (Å²) in [7, 11) is 1.65. The zero-order valence-electron chi connectivity index (χ0n) is 13.4. The highest BCUT2D eigenvalue weighted by molar-refractivity contribution is 5.37. The maximum absolute atomic E-state index is 11.6. The van der Waals surface area contributed by atoms with Gasteiger partial charge < -0.3 is 19.9 Å².